The monoisotopic (exact) mass is 265 g/mol. The van der Waals surface area contributed by atoms with Gasteiger partial charge < -0.3 is 4.90 Å². The Kier molecular flexibility index (Phi) is 4.59. The maximum Gasteiger partial charge on any atom is 0.226 e. The van der Waals surface area contributed by atoms with Crippen molar-refractivity contribution in [3.05, 3.63) is 0 Å². The lowest BCUT2D eigenvalue weighted by Crippen LogP contribution is -2.40. The SMILES string of the molecule is CC(CBr)N(C)C(=O)C1CCSC1. The molecule has 2 unspecified atom stereocenters. The maximum atomic E-state index is 11.8. The molecule has 1 fully saturated rings. The number of rotatable bonds is 3. The predicted octanol–water partition coefficient (Wildman–Crippen LogP) is 1.98. The van der Waals surface area contributed by atoms with Crippen LogP contribution in [-0.4, -0.2) is 40.7 Å². The maximum absolute atomic E-state index is 11.8. The minimum atomic E-state index is 0.275. The summed E-state index contributed by atoms with van der Waals surface area (Å²) >= 11 is 5.28. The van der Waals surface area contributed by atoms with E-state index in [0.29, 0.717) is 11.9 Å². The van der Waals surface area contributed by atoms with Gasteiger partial charge in [-0.15, -0.1) is 0 Å². The third kappa shape index (κ3) is 2.88. The average Bonchev–Trinajstić information content (AvgIpc) is 2.67. The molecular formula is C9H16BrNOS. The molecular weight excluding hydrogens is 250 g/mol. The van der Waals surface area contributed by atoms with Gasteiger partial charge in [0.25, 0.3) is 0 Å². The van der Waals surface area contributed by atoms with E-state index in [2.05, 4.69) is 22.9 Å². The van der Waals surface area contributed by atoms with Gasteiger partial charge in [-0.25, -0.2) is 0 Å². The van der Waals surface area contributed by atoms with E-state index in [4.69, 9.17) is 0 Å². The van der Waals surface area contributed by atoms with Gasteiger partial charge in [-0.05, 0) is 19.1 Å². The zero-order valence-electron chi connectivity index (χ0n) is 8.12. The van der Waals surface area contributed by atoms with Gasteiger partial charge in [0.1, 0.15) is 0 Å². The zero-order valence-corrected chi connectivity index (χ0v) is 10.5. The lowest BCUT2D eigenvalue weighted by molar-refractivity contribution is -0.134. The number of carbonyl (C=O) groups is 1. The Morgan fingerprint density at radius 1 is 1.77 bits per heavy atom. The molecule has 0 saturated carbocycles. The highest BCUT2D eigenvalue weighted by Gasteiger charge is 2.27. The predicted molar refractivity (Wildman–Crippen MR) is 61.5 cm³/mol. The topological polar surface area (TPSA) is 20.3 Å². The fourth-order valence-corrected chi connectivity index (χ4v) is 2.98. The molecule has 2 atom stereocenters. The van der Waals surface area contributed by atoms with Crippen molar-refractivity contribution in [2.45, 2.75) is 19.4 Å². The van der Waals surface area contributed by atoms with Crippen LogP contribution in [0.2, 0.25) is 0 Å². The van der Waals surface area contributed by atoms with E-state index in [1.807, 2.05) is 23.7 Å². The minimum Gasteiger partial charge on any atom is -0.342 e. The van der Waals surface area contributed by atoms with Gasteiger partial charge in [-0.2, -0.15) is 11.8 Å². The summed E-state index contributed by atoms with van der Waals surface area (Å²) in [6.07, 6.45) is 1.06. The van der Waals surface area contributed by atoms with Crippen molar-refractivity contribution < 1.29 is 4.79 Å². The number of amides is 1. The van der Waals surface area contributed by atoms with Crippen LogP contribution in [0.3, 0.4) is 0 Å². The van der Waals surface area contributed by atoms with Crippen molar-refractivity contribution in [2.75, 3.05) is 23.9 Å². The number of hydrogen-bond donors (Lipinski definition) is 0. The minimum absolute atomic E-state index is 0.275. The van der Waals surface area contributed by atoms with Crippen LogP contribution in [-0.2, 0) is 4.79 Å². The molecule has 4 heteroatoms. The first-order chi connectivity index (χ1) is 6.16. The van der Waals surface area contributed by atoms with Crippen LogP contribution in [0.15, 0.2) is 0 Å². The molecule has 2 nitrogen and oxygen atoms in total. The Morgan fingerprint density at radius 3 is 2.92 bits per heavy atom. The van der Waals surface area contributed by atoms with Crippen molar-refractivity contribution in [2.24, 2.45) is 5.92 Å². The van der Waals surface area contributed by atoms with E-state index >= 15 is 0 Å². The first-order valence-corrected chi connectivity index (χ1v) is 6.84. The van der Waals surface area contributed by atoms with E-state index in [1.165, 1.54) is 0 Å². The Hall–Kier alpha value is 0.300. The Morgan fingerprint density at radius 2 is 2.46 bits per heavy atom. The second-order valence-corrected chi connectivity index (χ2v) is 5.31. The van der Waals surface area contributed by atoms with Crippen LogP contribution in [0.4, 0.5) is 0 Å². The van der Waals surface area contributed by atoms with Gasteiger partial charge in [0.05, 0.1) is 0 Å². The van der Waals surface area contributed by atoms with Crippen LogP contribution in [0.25, 0.3) is 0 Å². The number of hydrogen-bond acceptors (Lipinski definition) is 2. The highest BCUT2D eigenvalue weighted by molar-refractivity contribution is 9.09. The molecule has 0 radical (unpaired) electrons. The molecule has 1 amide bonds. The third-order valence-electron chi connectivity index (χ3n) is 2.51. The van der Waals surface area contributed by atoms with Crippen molar-refractivity contribution in [1.82, 2.24) is 4.90 Å². The molecule has 13 heavy (non-hydrogen) atoms. The Bertz CT molecular complexity index is 182. The summed E-state index contributed by atoms with van der Waals surface area (Å²) < 4.78 is 0. The van der Waals surface area contributed by atoms with Crippen molar-refractivity contribution >= 4 is 33.6 Å². The first kappa shape index (κ1) is 11.4. The molecule has 0 aromatic carbocycles. The lowest BCUT2D eigenvalue weighted by atomic mass is 10.1. The Labute approximate surface area is 92.6 Å². The number of halogens is 1. The highest BCUT2D eigenvalue weighted by atomic mass is 79.9. The smallest absolute Gasteiger partial charge is 0.226 e. The van der Waals surface area contributed by atoms with Crippen molar-refractivity contribution in [3.8, 4) is 0 Å². The van der Waals surface area contributed by atoms with Crippen LogP contribution < -0.4 is 0 Å². The van der Waals surface area contributed by atoms with Gasteiger partial charge in [0.15, 0.2) is 0 Å². The molecule has 1 aliphatic heterocycles. The van der Waals surface area contributed by atoms with Gasteiger partial charge in [0.2, 0.25) is 5.91 Å². The van der Waals surface area contributed by atoms with Gasteiger partial charge in [-0.1, -0.05) is 15.9 Å². The lowest BCUT2D eigenvalue weighted by Gasteiger charge is -2.25. The molecule has 76 valence electrons. The number of alkyl halides is 1. The van der Waals surface area contributed by atoms with E-state index in [-0.39, 0.29) is 5.92 Å². The second-order valence-electron chi connectivity index (χ2n) is 3.51. The van der Waals surface area contributed by atoms with Gasteiger partial charge in [-0.3, -0.25) is 4.79 Å². The number of carbonyl (C=O) groups excluding carboxylic acids is 1. The van der Waals surface area contributed by atoms with Crippen molar-refractivity contribution in [1.29, 1.82) is 0 Å². The fraction of sp³-hybridized carbons (Fsp3) is 0.889. The first-order valence-electron chi connectivity index (χ1n) is 4.57. The largest absolute Gasteiger partial charge is 0.342 e. The fourth-order valence-electron chi connectivity index (χ4n) is 1.34. The van der Waals surface area contributed by atoms with E-state index < -0.39 is 0 Å². The summed E-state index contributed by atoms with van der Waals surface area (Å²) in [6, 6.07) is 0.304. The molecule has 1 aliphatic rings. The molecule has 0 spiro atoms. The summed E-state index contributed by atoms with van der Waals surface area (Å²) in [5, 5.41) is 0.856. The normalized spacial score (nSPS) is 24.4. The van der Waals surface area contributed by atoms with Crippen LogP contribution in [0.5, 0.6) is 0 Å². The average molecular weight is 266 g/mol. The summed E-state index contributed by atoms with van der Waals surface area (Å²) in [5.74, 6) is 2.75. The van der Waals surface area contributed by atoms with Crippen LogP contribution in [0, 0.1) is 5.92 Å². The molecule has 0 N–H and O–H groups in total. The summed E-state index contributed by atoms with van der Waals surface area (Å²) in [7, 11) is 1.90. The summed E-state index contributed by atoms with van der Waals surface area (Å²) in [6.45, 7) is 2.06. The molecule has 1 heterocycles. The van der Waals surface area contributed by atoms with Crippen molar-refractivity contribution in [3.63, 3.8) is 0 Å². The van der Waals surface area contributed by atoms with E-state index in [0.717, 1.165) is 23.3 Å². The second kappa shape index (κ2) is 5.25. The molecule has 0 aromatic rings. The van der Waals surface area contributed by atoms with Crippen LogP contribution in [0.1, 0.15) is 13.3 Å². The van der Waals surface area contributed by atoms with E-state index in [9.17, 15) is 4.79 Å². The number of nitrogens with zero attached hydrogens (tertiary/aromatic N) is 1. The summed E-state index contributed by atoms with van der Waals surface area (Å²) in [5.41, 5.74) is 0. The van der Waals surface area contributed by atoms with Crippen LogP contribution >= 0.6 is 27.7 Å². The Balaban J connectivity index is 2.45. The van der Waals surface area contributed by atoms with E-state index in [1.54, 1.807) is 0 Å². The standard InChI is InChI=1S/C9H16BrNOS/c1-7(5-10)11(2)9(12)8-3-4-13-6-8/h7-8H,3-6H2,1-2H3. The highest BCUT2D eigenvalue weighted by Crippen LogP contribution is 2.25. The molecule has 0 aromatic heterocycles. The van der Waals surface area contributed by atoms with Gasteiger partial charge >= 0.3 is 0 Å². The molecule has 0 aliphatic carbocycles. The number of thioether (sulfide) groups is 1. The van der Waals surface area contributed by atoms with Gasteiger partial charge in [0, 0.05) is 30.1 Å². The molecule has 0 bridgehead atoms. The third-order valence-corrected chi connectivity index (χ3v) is 4.61. The zero-order chi connectivity index (χ0) is 9.84. The molecule has 1 saturated heterocycles. The summed E-state index contributed by atoms with van der Waals surface area (Å²) in [4.78, 5) is 13.7. The quantitative estimate of drug-likeness (QED) is 0.728. The molecule has 1 rings (SSSR count).